The Hall–Kier alpha value is -2.70. The Morgan fingerprint density at radius 2 is 2.00 bits per heavy atom. The third kappa shape index (κ3) is 4.50. The maximum absolute atomic E-state index is 13.3. The second-order valence-corrected chi connectivity index (χ2v) is 8.72. The van der Waals surface area contributed by atoms with Gasteiger partial charge in [-0.1, -0.05) is 6.07 Å². The van der Waals surface area contributed by atoms with Crippen LogP contribution in [-0.2, 0) is 6.54 Å². The van der Waals surface area contributed by atoms with Crippen LogP contribution in [0.25, 0.3) is 11.3 Å². The van der Waals surface area contributed by atoms with Crippen molar-refractivity contribution < 1.29 is 4.39 Å². The molecular formula is C25H28FN5. The van der Waals surface area contributed by atoms with Gasteiger partial charge in [0, 0.05) is 49.0 Å². The predicted octanol–water partition coefficient (Wildman–Crippen LogP) is 3.95. The molecule has 1 aromatic carbocycles. The minimum atomic E-state index is -0.227. The van der Waals surface area contributed by atoms with Crippen molar-refractivity contribution in [2.24, 2.45) is 5.92 Å². The first-order valence-corrected chi connectivity index (χ1v) is 11.1. The number of halogens is 1. The van der Waals surface area contributed by atoms with E-state index in [-0.39, 0.29) is 5.82 Å². The molecule has 0 radical (unpaired) electrons. The van der Waals surface area contributed by atoms with Gasteiger partial charge in [0.2, 0.25) is 0 Å². The molecule has 0 saturated carbocycles. The average molecular weight is 418 g/mol. The largest absolute Gasteiger partial charge is 0.310 e. The first kappa shape index (κ1) is 20.2. The van der Waals surface area contributed by atoms with Gasteiger partial charge in [-0.3, -0.25) is 9.88 Å². The van der Waals surface area contributed by atoms with Gasteiger partial charge in [-0.05, 0) is 74.7 Å². The van der Waals surface area contributed by atoms with E-state index >= 15 is 0 Å². The molecule has 0 aliphatic carbocycles. The van der Waals surface area contributed by atoms with Crippen LogP contribution in [0, 0.1) is 18.7 Å². The molecule has 4 atom stereocenters. The molecule has 6 rings (SSSR count). The van der Waals surface area contributed by atoms with Crippen LogP contribution >= 0.6 is 0 Å². The highest BCUT2D eigenvalue weighted by atomic mass is 19.1. The quantitative estimate of drug-likeness (QED) is 0.658. The van der Waals surface area contributed by atoms with Crippen molar-refractivity contribution in [3.8, 4) is 11.3 Å². The summed E-state index contributed by atoms with van der Waals surface area (Å²) in [4.78, 5) is 16.4. The first-order valence-electron chi connectivity index (χ1n) is 11.1. The molecule has 6 heteroatoms. The van der Waals surface area contributed by atoms with Crippen LogP contribution in [0.3, 0.4) is 0 Å². The molecule has 2 bridgehead atoms. The Kier molecular flexibility index (Phi) is 5.74. The average Bonchev–Trinajstić information content (AvgIpc) is 2.80. The van der Waals surface area contributed by atoms with Crippen LogP contribution in [0.2, 0.25) is 0 Å². The smallest absolute Gasteiger partial charge is 0.126 e. The van der Waals surface area contributed by atoms with E-state index in [0.29, 0.717) is 17.9 Å². The van der Waals surface area contributed by atoms with Crippen LogP contribution < -0.4 is 5.32 Å². The Bertz CT molecular complexity index is 1020. The Balaban J connectivity index is 1.27. The van der Waals surface area contributed by atoms with Crippen LogP contribution in [-0.4, -0.2) is 45.5 Å². The van der Waals surface area contributed by atoms with E-state index in [1.54, 1.807) is 12.1 Å². The lowest BCUT2D eigenvalue weighted by Gasteiger charge is -2.50. The van der Waals surface area contributed by atoms with Gasteiger partial charge in [0.25, 0.3) is 0 Å². The lowest BCUT2D eigenvalue weighted by Crippen LogP contribution is -2.55. The molecule has 3 aliphatic rings. The second-order valence-electron chi connectivity index (χ2n) is 8.72. The monoisotopic (exact) mass is 417 g/mol. The van der Waals surface area contributed by atoms with E-state index in [4.69, 9.17) is 4.98 Å². The molecule has 1 N–H and O–H groups in total. The number of hydrogen-bond donors (Lipinski definition) is 1. The summed E-state index contributed by atoms with van der Waals surface area (Å²) in [6.07, 6.45) is 4.25. The number of hydrogen-bond acceptors (Lipinski definition) is 5. The number of nitrogens with one attached hydrogen (secondary N) is 1. The van der Waals surface area contributed by atoms with Crippen LogP contribution in [0.4, 0.5) is 4.39 Å². The molecule has 31 heavy (non-hydrogen) atoms. The standard InChI is InChI=1S/C25H28FN5/c1-17-29-24(18-5-7-20(26)8-6-18)13-25(30-17)23-16-31-11-9-19(23)12-22(31)15-27-14-21-4-2-3-10-28-21/h2-8,10,13,19,22-23,27H,9,11-12,14-16H2,1H3. The summed E-state index contributed by atoms with van der Waals surface area (Å²) in [5.41, 5.74) is 4.03. The van der Waals surface area contributed by atoms with E-state index in [2.05, 4.69) is 32.3 Å². The molecule has 3 aliphatic heterocycles. The van der Waals surface area contributed by atoms with Crippen LogP contribution in [0.5, 0.6) is 0 Å². The minimum Gasteiger partial charge on any atom is -0.310 e. The molecule has 4 unspecified atom stereocenters. The third-order valence-corrected chi connectivity index (χ3v) is 6.67. The topological polar surface area (TPSA) is 53.9 Å². The minimum absolute atomic E-state index is 0.227. The molecule has 3 saturated heterocycles. The van der Waals surface area contributed by atoms with E-state index < -0.39 is 0 Å². The molecular weight excluding hydrogens is 389 g/mol. The summed E-state index contributed by atoms with van der Waals surface area (Å²) in [6.45, 7) is 5.95. The highest BCUT2D eigenvalue weighted by molar-refractivity contribution is 5.59. The number of fused-ring (bicyclic) bond motifs is 3. The summed E-state index contributed by atoms with van der Waals surface area (Å²) in [5, 5.41) is 3.59. The van der Waals surface area contributed by atoms with E-state index in [1.807, 2.05) is 25.3 Å². The first-order chi connectivity index (χ1) is 15.2. The Morgan fingerprint density at radius 1 is 1.13 bits per heavy atom. The normalized spacial score (nSPS) is 25.0. The van der Waals surface area contributed by atoms with E-state index in [1.165, 1.54) is 25.0 Å². The predicted molar refractivity (Wildman–Crippen MR) is 119 cm³/mol. The van der Waals surface area contributed by atoms with Gasteiger partial charge in [0.05, 0.1) is 11.4 Å². The molecule has 2 aromatic heterocycles. The summed E-state index contributed by atoms with van der Waals surface area (Å²) in [5.74, 6) is 1.63. The summed E-state index contributed by atoms with van der Waals surface area (Å²) >= 11 is 0. The number of aryl methyl sites for hydroxylation is 1. The summed E-state index contributed by atoms with van der Waals surface area (Å²) in [6, 6.07) is 15.3. The molecule has 0 spiro atoms. The third-order valence-electron chi connectivity index (χ3n) is 6.67. The summed E-state index contributed by atoms with van der Waals surface area (Å²) in [7, 11) is 0. The SMILES string of the molecule is Cc1nc(-c2ccc(F)cc2)cc(C2CN3CCC2CC3CNCc2ccccn2)n1. The van der Waals surface area contributed by atoms with Crippen molar-refractivity contribution in [1.82, 2.24) is 25.2 Å². The fraction of sp³-hybridized carbons (Fsp3) is 0.400. The number of pyridine rings is 1. The van der Waals surface area contributed by atoms with Crippen LogP contribution in [0.1, 0.15) is 36.0 Å². The van der Waals surface area contributed by atoms with Gasteiger partial charge in [-0.25, -0.2) is 14.4 Å². The second kappa shape index (κ2) is 8.81. The van der Waals surface area contributed by atoms with Crippen molar-refractivity contribution >= 4 is 0 Å². The fourth-order valence-electron chi connectivity index (χ4n) is 5.10. The zero-order chi connectivity index (χ0) is 21.2. The molecule has 0 amide bonds. The molecule has 3 aromatic rings. The van der Waals surface area contributed by atoms with E-state index in [9.17, 15) is 4.39 Å². The fourth-order valence-corrected chi connectivity index (χ4v) is 5.10. The number of benzene rings is 1. The number of nitrogens with zero attached hydrogens (tertiary/aromatic N) is 4. The lowest BCUT2D eigenvalue weighted by molar-refractivity contribution is 0.0292. The number of rotatable bonds is 6. The van der Waals surface area contributed by atoms with Crippen molar-refractivity contribution in [3.63, 3.8) is 0 Å². The van der Waals surface area contributed by atoms with Gasteiger partial charge in [-0.15, -0.1) is 0 Å². The molecule has 160 valence electrons. The zero-order valence-corrected chi connectivity index (χ0v) is 17.8. The maximum Gasteiger partial charge on any atom is 0.126 e. The zero-order valence-electron chi connectivity index (χ0n) is 17.8. The Morgan fingerprint density at radius 3 is 2.74 bits per heavy atom. The summed E-state index contributed by atoms with van der Waals surface area (Å²) < 4.78 is 13.3. The lowest BCUT2D eigenvalue weighted by atomic mass is 9.74. The van der Waals surface area contributed by atoms with Gasteiger partial charge >= 0.3 is 0 Å². The van der Waals surface area contributed by atoms with Crippen LogP contribution in [0.15, 0.2) is 54.7 Å². The highest BCUT2D eigenvalue weighted by Crippen LogP contribution is 2.41. The van der Waals surface area contributed by atoms with Gasteiger partial charge < -0.3 is 5.32 Å². The van der Waals surface area contributed by atoms with Crippen molar-refractivity contribution in [3.05, 3.63) is 77.8 Å². The van der Waals surface area contributed by atoms with E-state index in [0.717, 1.165) is 54.6 Å². The van der Waals surface area contributed by atoms with Crippen molar-refractivity contribution in [2.45, 2.75) is 38.3 Å². The Labute approximate surface area is 182 Å². The van der Waals surface area contributed by atoms with Crippen molar-refractivity contribution in [2.75, 3.05) is 19.6 Å². The molecule has 5 heterocycles. The highest BCUT2D eigenvalue weighted by Gasteiger charge is 2.41. The maximum atomic E-state index is 13.3. The van der Waals surface area contributed by atoms with Gasteiger partial charge in [-0.2, -0.15) is 0 Å². The van der Waals surface area contributed by atoms with Gasteiger partial charge in [0.15, 0.2) is 0 Å². The molecule has 5 nitrogen and oxygen atoms in total. The molecule has 3 fully saturated rings. The van der Waals surface area contributed by atoms with Gasteiger partial charge in [0.1, 0.15) is 11.6 Å². The van der Waals surface area contributed by atoms with Crippen molar-refractivity contribution in [1.29, 1.82) is 0 Å². The number of aromatic nitrogens is 3. The number of piperidine rings is 3.